The largest absolute Gasteiger partial charge is 0.207 e. The summed E-state index contributed by atoms with van der Waals surface area (Å²) in [7, 11) is 0. The Balaban J connectivity index is 2.85. The molecule has 0 spiro atoms. The fourth-order valence-electron chi connectivity index (χ4n) is 0.796. The van der Waals surface area contributed by atoms with E-state index in [-0.39, 0.29) is 5.56 Å². The summed E-state index contributed by atoms with van der Waals surface area (Å²) in [5.74, 6) is 4.18. The van der Waals surface area contributed by atoms with Crippen LogP contribution in [0.5, 0.6) is 0 Å². The third kappa shape index (κ3) is 3.16. The van der Waals surface area contributed by atoms with Gasteiger partial charge in [0.05, 0.1) is 5.56 Å². The summed E-state index contributed by atoms with van der Waals surface area (Å²) in [5, 5.41) is 0.753. The van der Waals surface area contributed by atoms with Gasteiger partial charge >= 0.3 is 0 Å². The summed E-state index contributed by atoms with van der Waals surface area (Å²) < 4.78 is 25.4. The van der Waals surface area contributed by atoms with Gasteiger partial charge in [-0.2, -0.15) is 0 Å². The zero-order valence-corrected chi connectivity index (χ0v) is 8.37. The summed E-state index contributed by atoms with van der Waals surface area (Å²) in [6.45, 7) is 0. The molecule has 0 aliphatic rings. The van der Waals surface area contributed by atoms with Crippen molar-refractivity contribution in [3.05, 3.63) is 35.4 Å². The third-order valence-corrected chi connectivity index (χ3v) is 1.77. The highest BCUT2D eigenvalue weighted by Crippen LogP contribution is 2.07. The van der Waals surface area contributed by atoms with E-state index in [0.29, 0.717) is 6.42 Å². The second kappa shape index (κ2) is 4.98. The predicted octanol–water partition coefficient (Wildman–Crippen LogP) is 3.10. The monoisotopic (exact) mass is 244 g/mol. The lowest BCUT2D eigenvalue weighted by atomic mass is 10.2. The van der Waals surface area contributed by atoms with Gasteiger partial charge in [0.25, 0.3) is 0 Å². The van der Waals surface area contributed by atoms with Crippen LogP contribution < -0.4 is 0 Å². The van der Waals surface area contributed by atoms with E-state index in [1.807, 2.05) is 0 Å². The second-order valence-corrected chi connectivity index (χ2v) is 3.16. The Bertz CT molecular complexity index is 350. The number of hydrogen-bond acceptors (Lipinski definition) is 0. The summed E-state index contributed by atoms with van der Waals surface area (Å²) in [4.78, 5) is 0. The van der Waals surface area contributed by atoms with E-state index < -0.39 is 11.6 Å². The Morgan fingerprint density at radius 3 is 2.69 bits per heavy atom. The molecule has 0 atom stereocenters. The number of halogens is 3. The molecule has 0 aliphatic carbocycles. The Kier molecular flexibility index (Phi) is 3.91. The van der Waals surface area contributed by atoms with Gasteiger partial charge in [-0.25, -0.2) is 8.78 Å². The summed E-state index contributed by atoms with van der Waals surface area (Å²) in [5.41, 5.74) is 0.238. The third-order valence-electron chi connectivity index (χ3n) is 1.37. The summed E-state index contributed by atoms with van der Waals surface area (Å²) >= 11 is 3.20. The second-order valence-electron chi connectivity index (χ2n) is 2.36. The molecular weight excluding hydrogens is 238 g/mol. The van der Waals surface area contributed by atoms with E-state index in [1.165, 1.54) is 12.1 Å². The van der Waals surface area contributed by atoms with Crippen molar-refractivity contribution in [2.24, 2.45) is 0 Å². The first kappa shape index (κ1) is 10.2. The number of hydrogen-bond donors (Lipinski definition) is 0. The molecule has 0 heterocycles. The first-order valence-electron chi connectivity index (χ1n) is 3.74. The van der Waals surface area contributed by atoms with Crippen molar-refractivity contribution in [2.75, 3.05) is 5.33 Å². The van der Waals surface area contributed by atoms with Crippen molar-refractivity contribution in [3.8, 4) is 11.8 Å². The first-order valence-corrected chi connectivity index (χ1v) is 4.86. The molecule has 0 fully saturated rings. The van der Waals surface area contributed by atoms with Gasteiger partial charge in [0.1, 0.15) is 11.6 Å². The first-order chi connectivity index (χ1) is 6.24. The van der Waals surface area contributed by atoms with Gasteiger partial charge in [-0.05, 0) is 12.1 Å². The number of rotatable bonds is 1. The maximum Gasteiger partial charge on any atom is 0.141 e. The molecule has 0 nitrogen and oxygen atoms in total. The molecule has 0 amide bonds. The molecule has 68 valence electrons. The van der Waals surface area contributed by atoms with Crippen LogP contribution in [-0.2, 0) is 0 Å². The van der Waals surface area contributed by atoms with Crippen molar-refractivity contribution >= 4 is 15.9 Å². The quantitative estimate of drug-likeness (QED) is 0.526. The Labute approximate surface area is 84.1 Å². The summed E-state index contributed by atoms with van der Waals surface area (Å²) in [6, 6.07) is 3.37. The van der Waals surface area contributed by atoms with Crippen LogP contribution in [0.25, 0.3) is 0 Å². The average Bonchev–Trinajstić information content (AvgIpc) is 2.09. The molecule has 0 radical (unpaired) electrons. The zero-order valence-electron chi connectivity index (χ0n) is 6.78. The van der Waals surface area contributed by atoms with E-state index in [0.717, 1.165) is 11.4 Å². The highest BCUT2D eigenvalue weighted by Gasteiger charge is 1.99. The fourth-order valence-corrected chi connectivity index (χ4v) is 0.994. The molecule has 3 heteroatoms. The van der Waals surface area contributed by atoms with Gasteiger partial charge in [-0.1, -0.05) is 27.8 Å². The minimum Gasteiger partial charge on any atom is -0.207 e. The molecular formula is C10H7BrF2. The Morgan fingerprint density at radius 2 is 2.08 bits per heavy atom. The molecule has 0 bridgehead atoms. The molecule has 0 saturated heterocycles. The van der Waals surface area contributed by atoms with Gasteiger partial charge in [-0.15, -0.1) is 0 Å². The van der Waals surface area contributed by atoms with Crippen LogP contribution in [0, 0.1) is 23.5 Å². The zero-order chi connectivity index (χ0) is 9.68. The molecule has 1 rings (SSSR count). The highest BCUT2D eigenvalue weighted by atomic mass is 79.9. The minimum atomic E-state index is -0.609. The van der Waals surface area contributed by atoms with E-state index in [4.69, 9.17) is 0 Å². The van der Waals surface area contributed by atoms with Crippen LogP contribution in [0.2, 0.25) is 0 Å². The standard InChI is InChI=1S/C10H7BrF2/c11-6-2-1-3-8-4-5-9(12)7-10(8)13/h4-5,7H,2,6H2. The van der Waals surface area contributed by atoms with Crippen molar-refractivity contribution in [1.29, 1.82) is 0 Å². The Hall–Kier alpha value is -0.880. The molecule has 0 saturated carbocycles. The minimum absolute atomic E-state index is 0.238. The maximum atomic E-state index is 12.9. The van der Waals surface area contributed by atoms with Crippen molar-refractivity contribution in [2.45, 2.75) is 6.42 Å². The van der Waals surface area contributed by atoms with Crippen LogP contribution in [0.1, 0.15) is 12.0 Å². The molecule has 0 aliphatic heterocycles. The predicted molar refractivity (Wildman–Crippen MR) is 51.6 cm³/mol. The SMILES string of the molecule is Fc1ccc(C#CCCBr)c(F)c1. The lowest BCUT2D eigenvalue weighted by Gasteiger charge is -1.92. The van der Waals surface area contributed by atoms with Gasteiger partial charge in [0.15, 0.2) is 0 Å². The molecule has 1 aromatic rings. The van der Waals surface area contributed by atoms with Crippen LogP contribution in [-0.4, -0.2) is 5.33 Å². The van der Waals surface area contributed by atoms with Gasteiger partial charge in [0, 0.05) is 17.8 Å². The van der Waals surface area contributed by atoms with Crippen LogP contribution in [0.3, 0.4) is 0 Å². The highest BCUT2D eigenvalue weighted by molar-refractivity contribution is 9.09. The molecule has 0 aromatic heterocycles. The topological polar surface area (TPSA) is 0 Å². The fraction of sp³-hybridized carbons (Fsp3) is 0.200. The maximum absolute atomic E-state index is 12.9. The van der Waals surface area contributed by atoms with Crippen LogP contribution in [0.15, 0.2) is 18.2 Å². The molecule has 0 unspecified atom stereocenters. The normalized spacial score (nSPS) is 9.15. The Morgan fingerprint density at radius 1 is 1.31 bits per heavy atom. The van der Waals surface area contributed by atoms with Crippen molar-refractivity contribution in [3.63, 3.8) is 0 Å². The van der Waals surface area contributed by atoms with Crippen LogP contribution >= 0.6 is 15.9 Å². The number of benzene rings is 1. The van der Waals surface area contributed by atoms with Crippen molar-refractivity contribution < 1.29 is 8.78 Å². The molecule has 0 N–H and O–H groups in total. The lowest BCUT2D eigenvalue weighted by Crippen LogP contribution is -1.84. The summed E-state index contributed by atoms with van der Waals surface area (Å²) in [6.07, 6.45) is 0.650. The van der Waals surface area contributed by atoms with E-state index in [1.54, 1.807) is 0 Å². The van der Waals surface area contributed by atoms with Gasteiger partial charge < -0.3 is 0 Å². The molecule has 1 aromatic carbocycles. The number of alkyl halides is 1. The van der Waals surface area contributed by atoms with Gasteiger partial charge in [-0.3, -0.25) is 0 Å². The average molecular weight is 245 g/mol. The van der Waals surface area contributed by atoms with Crippen LogP contribution in [0.4, 0.5) is 8.78 Å². The van der Waals surface area contributed by atoms with Crippen molar-refractivity contribution in [1.82, 2.24) is 0 Å². The smallest absolute Gasteiger partial charge is 0.141 e. The molecule has 13 heavy (non-hydrogen) atoms. The van der Waals surface area contributed by atoms with E-state index in [9.17, 15) is 8.78 Å². The lowest BCUT2D eigenvalue weighted by molar-refractivity contribution is 0.581. The van der Waals surface area contributed by atoms with E-state index >= 15 is 0 Å². The van der Waals surface area contributed by atoms with E-state index in [2.05, 4.69) is 27.8 Å². The van der Waals surface area contributed by atoms with Gasteiger partial charge in [0.2, 0.25) is 0 Å².